The van der Waals surface area contributed by atoms with Crippen molar-refractivity contribution in [1.82, 2.24) is 10.2 Å². The molecular weight excluding hydrogens is 310 g/mol. The second-order valence-corrected chi connectivity index (χ2v) is 5.81. The van der Waals surface area contributed by atoms with Gasteiger partial charge in [0.2, 0.25) is 5.91 Å². The maximum atomic E-state index is 12.1. The number of benzene rings is 1. The number of ether oxygens (including phenoxy) is 2. The summed E-state index contributed by atoms with van der Waals surface area (Å²) in [7, 11) is 1.61. The molecule has 1 aromatic carbocycles. The van der Waals surface area contributed by atoms with Crippen LogP contribution in [0.4, 0.5) is 10.5 Å². The fourth-order valence-corrected chi connectivity index (χ4v) is 2.57. The minimum Gasteiger partial charge on any atom is -0.491 e. The summed E-state index contributed by atoms with van der Waals surface area (Å²) in [6, 6.07) is 6.75. The molecule has 24 heavy (non-hydrogen) atoms. The monoisotopic (exact) mass is 335 g/mol. The Kier molecular flexibility index (Phi) is 6.87. The Balaban J connectivity index is 1.78. The maximum absolute atomic E-state index is 12.1. The van der Waals surface area contributed by atoms with Crippen molar-refractivity contribution < 1.29 is 19.1 Å². The zero-order valence-electron chi connectivity index (χ0n) is 14.2. The van der Waals surface area contributed by atoms with Crippen molar-refractivity contribution in [1.29, 1.82) is 0 Å². The molecule has 0 aliphatic carbocycles. The normalized spacial score (nSPS) is 15.2. The third-order valence-corrected chi connectivity index (χ3v) is 3.69. The average molecular weight is 335 g/mol. The Morgan fingerprint density at radius 3 is 2.92 bits per heavy atom. The largest absolute Gasteiger partial charge is 0.491 e. The van der Waals surface area contributed by atoms with E-state index in [0.29, 0.717) is 37.6 Å². The molecule has 1 saturated heterocycles. The van der Waals surface area contributed by atoms with Crippen LogP contribution in [0.5, 0.6) is 5.75 Å². The van der Waals surface area contributed by atoms with Crippen molar-refractivity contribution >= 4 is 17.6 Å². The van der Waals surface area contributed by atoms with Gasteiger partial charge in [-0.15, -0.1) is 0 Å². The number of hydrogen-bond acceptors (Lipinski definition) is 4. The van der Waals surface area contributed by atoms with Crippen molar-refractivity contribution in [3.63, 3.8) is 0 Å². The Labute approximate surface area is 142 Å². The van der Waals surface area contributed by atoms with Crippen molar-refractivity contribution in [3.05, 3.63) is 24.3 Å². The van der Waals surface area contributed by atoms with Gasteiger partial charge in [0.15, 0.2) is 0 Å². The molecule has 1 heterocycles. The highest BCUT2D eigenvalue weighted by Gasteiger charge is 2.22. The van der Waals surface area contributed by atoms with Crippen LogP contribution in [-0.2, 0) is 9.53 Å². The van der Waals surface area contributed by atoms with Crippen LogP contribution in [0.25, 0.3) is 0 Å². The zero-order valence-corrected chi connectivity index (χ0v) is 14.2. The van der Waals surface area contributed by atoms with E-state index in [9.17, 15) is 9.59 Å². The number of methoxy groups -OCH3 is 1. The van der Waals surface area contributed by atoms with Crippen molar-refractivity contribution in [2.24, 2.45) is 0 Å². The van der Waals surface area contributed by atoms with E-state index in [1.165, 1.54) is 0 Å². The number of hydrogen-bond donors (Lipinski definition) is 2. The van der Waals surface area contributed by atoms with E-state index >= 15 is 0 Å². The number of nitrogens with one attached hydrogen (secondary N) is 2. The van der Waals surface area contributed by atoms with E-state index in [4.69, 9.17) is 9.47 Å². The van der Waals surface area contributed by atoms with Gasteiger partial charge in [0, 0.05) is 44.4 Å². The summed E-state index contributed by atoms with van der Waals surface area (Å²) < 4.78 is 10.4. The average Bonchev–Trinajstić information content (AvgIpc) is 2.92. The molecular formula is C17H25N3O4. The van der Waals surface area contributed by atoms with Gasteiger partial charge in [-0.25, -0.2) is 4.79 Å². The lowest BCUT2D eigenvalue weighted by atomic mass is 10.3. The van der Waals surface area contributed by atoms with Gasteiger partial charge in [0.1, 0.15) is 12.4 Å². The molecule has 2 N–H and O–H groups in total. The van der Waals surface area contributed by atoms with Crippen LogP contribution in [-0.4, -0.2) is 56.3 Å². The number of likely N-dealkylation sites (tertiary alicyclic amines) is 1. The molecule has 0 bridgehead atoms. The number of anilines is 1. The number of nitrogens with zero attached hydrogens (tertiary/aromatic N) is 1. The number of carbonyl (C=O) groups is 2. The Bertz CT molecular complexity index is 565. The Morgan fingerprint density at radius 1 is 1.38 bits per heavy atom. The van der Waals surface area contributed by atoms with E-state index in [1.54, 1.807) is 24.1 Å². The van der Waals surface area contributed by atoms with E-state index in [-0.39, 0.29) is 18.0 Å². The van der Waals surface area contributed by atoms with E-state index in [1.807, 2.05) is 19.1 Å². The van der Waals surface area contributed by atoms with Gasteiger partial charge < -0.3 is 25.0 Å². The highest BCUT2D eigenvalue weighted by molar-refractivity contribution is 5.89. The van der Waals surface area contributed by atoms with Crippen LogP contribution in [0, 0.1) is 0 Å². The molecule has 7 nitrogen and oxygen atoms in total. The second kappa shape index (κ2) is 9.12. The van der Waals surface area contributed by atoms with Crippen molar-refractivity contribution in [3.8, 4) is 5.75 Å². The molecule has 0 saturated carbocycles. The van der Waals surface area contributed by atoms with Gasteiger partial charge >= 0.3 is 6.03 Å². The van der Waals surface area contributed by atoms with Crippen LogP contribution in [0.15, 0.2) is 24.3 Å². The summed E-state index contributed by atoms with van der Waals surface area (Å²) in [6.07, 6.45) is 1.50. The summed E-state index contributed by atoms with van der Waals surface area (Å²) in [4.78, 5) is 25.5. The highest BCUT2D eigenvalue weighted by atomic mass is 16.5. The molecule has 1 atom stereocenters. The first-order chi connectivity index (χ1) is 11.6. The smallest absolute Gasteiger partial charge is 0.319 e. The summed E-state index contributed by atoms with van der Waals surface area (Å²) in [5.74, 6) is 0.825. The lowest BCUT2D eigenvalue weighted by Gasteiger charge is -2.21. The number of rotatable bonds is 8. The minimum atomic E-state index is -0.303. The fraction of sp³-hybridized carbons (Fsp3) is 0.529. The SMILES string of the molecule is COCCOc1cccc(NC(=O)N[C@@H](C)CN2CCCC2=O)c1. The first-order valence-corrected chi connectivity index (χ1v) is 8.15. The quantitative estimate of drug-likeness (QED) is 0.711. The van der Waals surface area contributed by atoms with Crippen LogP contribution < -0.4 is 15.4 Å². The molecule has 1 aromatic rings. The third kappa shape index (κ3) is 5.73. The zero-order chi connectivity index (χ0) is 17.4. The van der Waals surface area contributed by atoms with Gasteiger partial charge in [0.25, 0.3) is 0 Å². The second-order valence-electron chi connectivity index (χ2n) is 5.81. The predicted molar refractivity (Wildman–Crippen MR) is 91.2 cm³/mol. The molecule has 2 rings (SSSR count). The van der Waals surface area contributed by atoms with Crippen LogP contribution in [0.1, 0.15) is 19.8 Å². The topological polar surface area (TPSA) is 79.9 Å². The molecule has 1 fully saturated rings. The fourth-order valence-electron chi connectivity index (χ4n) is 2.57. The summed E-state index contributed by atoms with van der Waals surface area (Å²) in [6.45, 7) is 4.15. The summed E-state index contributed by atoms with van der Waals surface area (Å²) >= 11 is 0. The lowest BCUT2D eigenvalue weighted by molar-refractivity contribution is -0.127. The highest BCUT2D eigenvalue weighted by Crippen LogP contribution is 2.17. The molecule has 0 aromatic heterocycles. The number of amides is 3. The molecule has 0 spiro atoms. The molecule has 1 aliphatic heterocycles. The van der Waals surface area contributed by atoms with Crippen LogP contribution in [0.2, 0.25) is 0 Å². The Hall–Kier alpha value is -2.28. The van der Waals surface area contributed by atoms with Gasteiger partial charge in [-0.3, -0.25) is 4.79 Å². The van der Waals surface area contributed by atoms with Gasteiger partial charge in [-0.1, -0.05) is 6.07 Å². The van der Waals surface area contributed by atoms with Crippen molar-refractivity contribution in [2.45, 2.75) is 25.8 Å². The van der Waals surface area contributed by atoms with E-state index in [0.717, 1.165) is 13.0 Å². The first kappa shape index (κ1) is 18.1. The lowest BCUT2D eigenvalue weighted by Crippen LogP contribution is -2.44. The van der Waals surface area contributed by atoms with Gasteiger partial charge in [-0.2, -0.15) is 0 Å². The van der Waals surface area contributed by atoms with Gasteiger partial charge in [-0.05, 0) is 25.5 Å². The standard InChI is InChI=1S/C17H25N3O4/c1-13(12-20-8-4-7-16(20)21)18-17(22)19-14-5-3-6-15(11-14)24-10-9-23-2/h3,5-6,11,13H,4,7-10,12H2,1-2H3,(H2,18,19,22)/t13-/m0/s1. The number of urea groups is 1. The van der Waals surface area contributed by atoms with E-state index in [2.05, 4.69) is 10.6 Å². The predicted octanol–water partition coefficient (Wildman–Crippen LogP) is 1.84. The van der Waals surface area contributed by atoms with Crippen molar-refractivity contribution in [2.75, 3.05) is 38.7 Å². The molecule has 1 aliphatic rings. The van der Waals surface area contributed by atoms with Crippen LogP contribution in [0.3, 0.4) is 0 Å². The third-order valence-electron chi connectivity index (χ3n) is 3.69. The molecule has 7 heteroatoms. The summed E-state index contributed by atoms with van der Waals surface area (Å²) in [5, 5.41) is 5.62. The molecule has 3 amide bonds. The first-order valence-electron chi connectivity index (χ1n) is 8.15. The maximum Gasteiger partial charge on any atom is 0.319 e. The molecule has 0 unspecified atom stereocenters. The number of carbonyl (C=O) groups excluding carboxylic acids is 2. The summed E-state index contributed by atoms with van der Waals surface area (Å²) in [5.41, 5.74) is 0.645. The molecule has 132 valence electrons. The molecule has 0 radical (unpaired) electrons. The Morgan fingerprint density at radius 2 is 2.21 bits per heavy atom. The van der Waals surface area contributed by atoms with E-state index < -0.39 is 0 Å². The van der Waals surface area contributed by atoms with Crippen LogP contribution >= 0.6 is 0 Å². The minimum absolute atomic E-state index is 0.117. The van der Waals surface area contributed by atoms with Gasteiger partial charge in [0.05, 0.1) is 6.61 Å².